The average Bonchev–Trinajstić information content (AvgIpc) is 3.05. The number of hydrogen-bond acceptors (Lipinski definition) is 3. The Morgan fingerprint density at radius 2 is 2.16 bits per heavy atom. The zero-order valence-electron chi connectivity index (χ0n) is 14.0. The number of amides is 1. The van der Waals surface area contributed by atoms with E-state index in [4.69, 9.17) is 5.73 Å². The van der Waals surface area contributed by atoms with Gasteiger partial charge in [-0.05, 0) is 41.8 Å². The van der Waals surface area contributed by atoms with Crippen molar-refractivity contribution in [3.63, 3.8) is 0 Å². The number of nitrogens with two attached hydrogens (primary N) is 1. The highest BCUT2D eigenvalue weighted by molar-refractivity contribution is 6.01. The Hall–Kier alpha value is -2.89. The Kier molecular flexibility index (Phi) is 4.70. The molecule has 5 heteroatoms. The highest BCUT2D eigenvalue weighted by atomic mass is 16.3. The molecule has 0 aliphatic carbocycles. The van der Waals surface area contributed by atoms with Gasteiger partial charge in [-0.2, -0.15) is 0 Å². The van der Waals surface area contributed by atoms with Crippen molar-refractivity contribution in [2.45, 2.75) is 19.6 Å². The molecule has 5 N–H and O–H groups in total. The maximum atomic E-state index is 11.5. The molecule has 1 atom stereocenters. The highest BCUT2D eigenvalue weighted by Gasteiger charge is 2.14. The number of aromatic amines is 1. The summed E-state index contributed by atoms with van der Waals surface area (Å²) in [6.45, 7) is 5.53. The number of benzene rings is 2. The van der Waals surface area contributed by atoms with Crippen LogP contribution < -0.4 is 11.1 Å². The van der Waals surface area contributed by atoms with Crippen LogP contribution in [-0.2, 0) is 11.2 Å². The summed E-state index contributed by atoms with van der Waals surface area (Å²) in [6.07, 6.45) is 1.05. The molecule has 128 valence electrons. The molecule has 0 saturated carbocycles. The first-order valence-corrected chi connectivity index (χ1v) is 8.15. The summed E-state index contributed by atoms with van der Waals surface area (Å²) in [5.41, 5.74) is 10.9. The number of carbonyl (C=O) groups is 1. The van der Waals surface area contributed by atoms with Crippen molar-refractivity contribution in [2.24, 2.45) is 5.73 Å². The lowest BCUT2D eigenvalue weighted by atomic mass is 9.98. The summed E-state index contributed by atoms with van der Waals surface area (Å²) < 4.78 is 0. The van der Waals surface area contributed by atoms with E-state index in [-0.39, 0.29) is 5.91 Å². The Labute approximate surface area is 146 Å². The van der Waals surface area contributed by atoms with Crippen molar-refractivity contribution in [1.29, 1.82) is 0 Å². The molecule has 0 bridgehead atoms. The van der Waals surface area contributed by atoms with E-state index < -0.39 is 6.23 Å². The van der Waals surface area contributed by atoms with Gasteiger partial charge in [-0.1, -0.05) is 37.8 Å². The number of aromatic nitrogens is 1. The average molecular weight is 335 g/mol. The first kappa shape index (κ1) is 17.0. The van der Waals surface area contributed by atoms with Crippen LogP contribution in [0.1, 0.15) is 24.4 Å². The second-order valence-electron chi connectivity index (χ2n) is 5.86. The van der Waals surface area contributed by atoms with Gasteiger partial charge in [0.2, 0.25) is 5.91 Å². The van der Waals surface area contributed by atoms with Crippen LogP contribution in [0.15, 0.2) is 55.1 Å². The number of hydrogen-bond donors (Lipinski definition) is 4. The van der Waals surface area contributed by atoms with E-state index in [1.807, 2.05) is 36.4 Å². The minimum Gasteiger partial charge on any atom is -0.374 e. The van der Waals surface area contributed by atoms with Crippen molar-refractivity contribution >= 4 is 22.5 Å². The Morgan fingerprint density at radius 3 is 2.84 bits per heavy atom. The zero-order valence-corrected chi connectivity index (χ0v) is 14.0. The first-order valence-electron chi connectivity index (χ1n) is 8.15. The lowest BCUT2D eigenvalue weighted by Crippen LogP contribution is -2.09. The molecule has 25 heavy (non-hydrogen) atoms. The topological polar surface area (TPSA) is 91.1 Å². The van der Waals surface area contributed by atoms with Gasteiger partial charge in [0.25, 0.3) is 0 Å². The zero-order chi connectivity index (χ0) is 18.0. The number of H-pyrrole nitrogens is 1. The second-order valence-corrected chi connectivity index (χ2v) is 5.86. The number of rotatable bonds is 5. The number of aliphatic hydroxyl groups excluding tert-OH is 1. The molecule has 3 rings (SSSR count). The second kappa shape index (κ2) is 6.93. The van der Waals surface area contributed by atoms with Crippen molar-refractivity contribution in [1.82, 2.24) is 4.98 Å². The summed E-state index contributed by atoms with van der Waals surface area (Å²) in [4.78, 5) is 14.9. The SMILES string of the molecule is C=CC(=O)Nc1cccc(-c2ccc(C(N)O)c3[nH]c(CC)cc23)c1. The van der Waals surface area contributed by atoms with Crippen molar-refractivity contribution in [2.75, 3.05) is 5.32 Å². The van der Waals surface area contributed by atoms with Crippen LogP contribution in [0, 0.1) is 0 Å². The number of aryl methyl sites for hydroxylation is 1. The van der Waals surface area contributed by atoms with E-state index in [1.54, 1.807) is 0 Å². The number of nitrogens with one attached hydrogen (secondary N) is 2. The molecule has 1 heterocycles. The van der Waals surface area contributed by atoms with Crippen LogP contribution in [0.4, 0.5) is 5.69 Å². The number of fused-ring (bicyclic) bond motifs is 1. The quantitative estimate of drug-likeness (QED) is 0.425. The molecule has 0 spiro atoms. The molecule has 0 fully saturated rings. The summed E-state index contributed by atoms with van der Waals surface area (Å²) in [7, 11) is 0. The van der Waals surface area contributed by atoms with Gasteiger partial charge >= 0.3 is 0 Å². The molecule has 1 aromatic heterocycles. The molecule has 0 saturated heterocycles. The summed E-state index contributed by atoms with van der Waals surface area (Å²) in [5.74, 6) is -0.251. The Morgan fingerprint density at radius 1 is 1.36 bits per heavy atom. The summed E-state index contributed by atoms with van der Waals surface area (Å²) in [5, 5.41) is 13.6. The van der Waals surface area contributed by atoms with Gasteiger partial charge in [0, 0.05) is 22.3 Å². The smallest absolute Gasteiger partial charge is 0.247 e. The standard InChI is InChI=1S/C20H21N3O2/c1-3-13-11-17-15(8-9-16(20(21)25)19(17)23-13)12-6-5-7-14(10-12)22-18(24)4-2/h4-11,20,23,25H,2-3,21H2,1H3,(H,22,24). The molecule has 5 nitrogen and oxygen atoms in total. The largest absolute Gasteiger partial charge is 0.374 e. The third kappa shape index (κ3) is 3.33. The first-order chi connectivity index (χ1) is 12.0. The van der Waals surface area contributed by atoms with Crippen molar-refractivity contribution in [3.05, 3.63) is 66.4 Å². The van der Waals surface area contributed by atoms with Crippen molar-refractivity contribution < 1.29 is 9.90 Å². The van der Waals surface area contributed by atoms with Crippen LogP contribution in [0.5, 0.6) is 0 Å². The van der Waals surface area contributed by atoms with E-state index in [0.717, 1.165) is 34.1 Å². The third-order valence-electron chi connectivity index (χ3n) is 4.21. The van der Waals surface area contributed by atoms with E-state index in [0.29, 0.717) is 11.3 Å². The van der Waals surface area contributed by atoms with Crippen LogP contribution in [0.25, 0.3) is 22.0 Å². The predicted octanol–water partition coefficient (Wildman–Crippen LogP) is 3.47. The van der Waals surface area contributed by atoms with E-state index in [9.17, 15) is 9.90 Å². The minimum absolute atomic E-state index is 0.251. The fourth-order valence-electron chi connectivity index (χ4n) is 2.94. The fourth-order valence-corrected chi connectivity index (χ4v) is 2.94. The summed E-state index contributed by atoms with van der Waals surface area (Å²) >= 11 is 0. The molecule has 0 radical (unpaired) electrons. The van der Waals surface area contributed by atoms with Gasteiger partial charge in [-0.3, -0.25) is 4.79 Å². The van der Waals surface area contributed by atoms with Crippen molar-refractivity contribution in [3.8, 4) is 11.1 Å². The molecule has 2 aromatic carbocycles. The van der Waals surface area contributed by atoms with Crippen LogP contribution in [0.3, 0.4) is 0 Å². The minimum atomic E-state index is -1.04. The molecule has 1 amide bonds. The van der Waals surface area contributed by atoms with Gasteiger partial charge in [-0.25, -0.2) is 0 Å². The molecule has 1 unspecified atom stereocenters. The Bertz CT molecular complexity index is 941. The predicted molar refractivity (Wildman–Crippen MR) is 101 cm³/mol. The number of aliphatic hydroxyl groups is 1. The highest BCUT2D eigenvalue weighted by Crippen LogP contribution is 2.34. The monoisotopic (exact) mass is 335 g/mol. The summed E-state index contributed by atoms with van der Waals surface area (Å²) in [6, 6.07) is 13.4. The molecule has 0 aliphatic rings. The normalized spacial score (nSPS) is 12.1. The maximum Gasteiger partial charge on any atom is 0.247 e. The lowest BCUT2D eigenvalue weighted by Gasteiger charge is -2.11. The maximum absolute atomic E-state index is 11.5. The number of anilines is 1. The lowest BCUT2D eigenvalue weighted by molar-refractivity contribution is -0.111. The molecular formula is C20H21N3O2. The van der Waals surface area contributed by atoms with Gasteiger partial charge in [0.05, 0.1) is 5.52 Å². The van der Waals surface area contributed by atoms with Gasteiger partial charge in [-0.15, -0.1) is 0 Å². The van der Waals surface area contributed by atoms with E-state index in [2.05, 4.69) is 29.9 Å². The number of carbonyl (C=O) groups excluding carboxylic acids is 1. The molecular weight excluding hydrogens is 314 g/mol. The van der Waals surface area contributed by atoms with Gasteiger partial charge in [0.15, 0.2) is 0 Å². The third-order valence-corrected chi connectivity index (χ3v) is 4.21. The molecule has 0 aliphatic heterocycles. The Balaban J connectivity index is 2.14. The van der Waals surface area contributed by atoms with Gasteiger partial charge in [0.1, 0.15) is 6.23 Å². The molecule has 3 aromatic rings. The van der Waals surface area contributed by atoms with E-state index >= 15 is 0 Å². The van der Waals surface area contributed by atoms with Crippen LogP contribution >= 0.6 is 0 Å². The van der Waals surface area contributed by atoms with E-state index in [1.165, 1.54) is 6.08 Å². The fraction of sp³-hybridized carbons (Fsp3) is 0.150. The van der Waals surface area contributed by atoms with Gasteiger partial charge < -0.3 is 21.1 Å². The van der Waals surface area contributed by atoms with Crippen LogP contribution in [-0.4, -0.2) is 16.0 Å². The van der Waals surface area contributed by atoms with Crippen LogP contribution in [0.2, 0.25) is 0 Å².